The van der Waals surface area contributed by atoms with Crippen LogP contribution in [0.25, 0.3) is 0 Å². The first kappa shape index (κ1) is 21.8. The average molecular weight is 440 g/mol. The van der Waals surface area contributed by atoms with Crippen molar-refractivity contribution in [1.82, 2.24) is 5.43 Å². The van der Waals surface area contributed by atoms with Crippen LogP contribution in [0.3, 0.4) is 0 Å². The summed E-state index contributed by atoms with van der Waals surface area (Å²) < 4.78 is 11.1. The number of hydrogen-bond donors (Lipinski definition) is 1. The first-order valence-corrected chi connectivity index (χ1v) is 9.47. The highest BCUT2D eigenvalue weighted by Gasteiger charge is 2.08. The van der Waals surface area contributed by atoms with Gasteiger partial charge in [0.25, 0.3) is 11.6 Å². The van der Waals surface area contributed by atoms with E-state index >= 15 is 0 Å². The largest absolute Gasteiger partial charge is 0.496 e. The maximum absolute atomic E-state index is 12.1. The van der Waals surface area contributed by atoms with Gasteiger partial charge in [0.05, 0.1) is 18.2 Å². The van der Waals surface area contributed by atoms with Crippen LogP contribution in [0, 0.1) is 10.1 Å². The maximum Gasteiger partial charge on any atom is 0.271 e. The topological polar surface area (TPSA) is 103 Å². The molecule has 31 heavy (non-hydrogen) atoms. The summed E-state index contributed by atoms with van der Waals surface area (Å²) in [4.78, 5) is 22.4. The van der Waals surface area contributed by atoms with Crippen molar-refractivity contribution >= 4 is 29.4 Å². The molecular formula is C22H18ClN3O5. The number of nitro benzene ring substituents is 1. The van der Waals surface area contributed by atoms with E-state index in [9.17, 15) is 14.9 Å². The van der Waals surface area contributed by atoms with E-state index in [4.69, 9.17) is 21.1 Å². The molecular weight excluding hydrogens is 422 g/mol. The Kier molecular flexibility index (Phi) is 7.18. The minimum Gasteiger partial charge on any atom is -0.496 e. The molecule has 0 radical (unpaired) electrons. The third-order valence-electron chi connectivity index (χ3n) is 4.21. The molecule has 3 rings (SSSR count). The van der Waals surface area contributed by atoms with E-state index in [1.165, 1.54) is 30.5 Å². The van der Waals surface area contributed by atoms with Crippen molar-refractivity contribution in [2.75, 3.05) is 7.11 Å². The number of non-ortho nitro benzene ring substituents is 1. The van der Waals surface area contributed by atoms with Crippen LogP contribution >= 0.6 is 11.6 Å². The minimum atomic E-state index is -0.471. The number of methoxy groups -OCH3 is 1. The summed E-state index contributed by atoms with van der Waals surface area (Å²) in [6.07, 6.45) is 1.50. The van der Waals surface area contributed by atoms with Gasteiger partial charge in [-0.2, -0.15) is 5.10 Å². The predicted molar refractivity (Wildman–Crippen MR) is 117 cm³/mol. The number of halogens is 1. The Balaban J connectivity index is 1.66. The zero-order valence-electron chi connectivity index (χ0n) is 16.4. The van der Waals surface area contributed by atoms with Gasteiger partial charge >= 0.3 is 0 Å². The fourth-order valence-corrected chi connectivity index (χ4v) is 2.87. The highest BCUT2D eigenvalue weighted by molar-refractivity contribution is 6.30. The van der Waals surface area contributed by atoms with Gasteiger partial charge in [0.15, 0.2) is 0 Å². The number of hydrazone groups is 1. The Morgan fingerprint density at radius 2 is 1.94 bits per heavy atom. The normalized spacial score (nSPS) is 10.6. The fourth-order valence-electron chi connectivity index (χ4n) is 2.68. The minimum absolute atomic E-state index is 0.0111. The number of nitrogens with zero attached hydrogens (tertiary/aromatic N) is 2. The molecule has 1 N–H and O–H groups in total. The van der Waals surface area contributed by atoms with Gasteiger partial charge in [-0.15, -0.1) is 0 Å². The summed E-state index contributed by atoms with van der Waals surface area (Å²) in [5, 5.41) is 15.2. The van der Waals surface area contributed by atoms with E-state index in [2.05, 4.69) is 10.5 Å². The lowest BCUT2D eigenvalue weighted by Gasteiger charge is -2.11. The molecule has 8 nitrogen and oxygen atoms in total. The Bertz CT molecular complexity index is 1120. The quantitative estimate of drug-likeness (QED) is 0.314. The first-order valence-electron chi connectivity index (χ1n) is 9.09. The van der Waals surface area contributed by atoms with Crippen molar-refractivity contribution in [3.8, 4) is 11.5 Å². The van der Waals surface area contributed by atoms with Gasteiger partial charge in [0.1, 0.15) is 18.1 Å². The van der Waals surface area contributed by atoms with Crippen molar-refractivity contribution in [1.29, 1.82) is 0 Å². The second-order valence-electron chi connectivity index (χ2n) is 6.32. The second kappa shape index (κ2) is 10.2. The van der Waals surface area contributed by atoms with E-state index in [0.29, 0.717) is 22.1 Å². The lowest BCUT2D eigenvalue weighted by molar-refractivity contribution is -0.384. The number of nitrogens with one attached hydrogen (secondary N) is 1. The van der Waals surface area contributed by atoms with Crippen molar-refractivity contribution in [3.05, 3.63) is 98.6 Å². The number of hydrogen-bond acceptors (Lipinski definition) is 6. The fraction of sp³-hybridized carbons (Fsp3) is 0.0909. The molecule has 0 unspecified atom stereocenters. The average Bonchev–Trinajstić information content (AvgIpc) is 2.78. The first-order chi connectivity index (χ1) is 15.0. The molecule has 0 aliphatic rings. The molecule has 0 spiro atoms. The molecule has 158 valence electrons. The maximum atomic E-state index is 12.1. The van der Waals surface area contributed by atoms with Crippen LogP contribution in [-0.2, 0) is 6.61 Å². The van der Waals surface area contributed by atoms with Gasteiger partial charge in [-0.3, -0.25) is 14.9 Å². The van der Waals surface area contributed by atoms with Gasteiger partial charge < -0.3 is 9.47 Å². The molecule has 0 aliphatic heterocycles. The molecule has 0 bridgehead atoms. The monoisotopic (exact) mass is 439 g/mol. The zero-order chi connectivity index (χ0) is 22.2. The number of benzene rings is 3. The van der Waals surface area contributed by atoms with Crippen LogP contribution in [0.1, 0.15) is 21.5 Å². The van der Waals surface area contributed by atoms with Gasteiger partial charge in [-0.25, -0.2) is 5.43 Å². The van der Waals surface area contributed by atoms with Crippen LogP contribution in [0.5, 0.6) is 11.5 Å². The Labute approximate surface area is 183 Å². The molecule has 1 amide bonds. The number of amides is 1. The third-order valence-corrected chi connectivity index (χ3v) is 4.45. The molecule has 0 saturated heterocycles. The molecule has 0 aromatic heterocycles. The Hall–Kier alpha value is -3.91. The van der Waals surface area contributed by atoms with Crippen LogP contribution in [0.2, 0.25) is 5.02 Å². The summed E-state index contributed by atoms with van der Waals surface area (Å²) in [6.45, 7) is 0.178. The second-order valence-corrected chi connectivity index (χ2v) is 6.76. The lowest BCUT2D eigenvalue weighted by Crippen LogP contribution is -2.17. The summed E-state index contributed by atoms with van der Waals surface area (Å²) in [5.74, 6) is 0.719. The summed E-state index contributed by atoms with van der Waals surface area (Å²) in [5.41, 5.74) is 4.30. The molecule has 0 atom stereocenters. The summed E-state index contributed by atoms with van der Waals surface area (Å²) in [7, 11) is 1.55. The SMILES string of the molecule is COc1ccc(/C=N\NC(=O)c2cccc(Cl)c2)cc1COc1ccc([N+](=O)[O-])cc1. The Morgan fingerprint density at radius 3 is 2.61 bits per heavy atom. The lowest BCUT2D eigenvalue weighted by atomic mass is 10.1. The van der Waals surface area contributed by atoms with Crippen LogP contribution in [-0.4, -0.2) is 24.2 Å². The van der Waals surface area contributed by atoms with E-state index in [-0.39, 0.29) is 18.2 Å². The van der Waals surface area contributed by atoms with Crippen LogP contribution < -0.4 is 14.9 Å². The van der Waals surface area contributed by atoms with Crippen molar-refractivity contribution in [2.45, 2.75) is 6.61 Å². The van der Waals surface area contributed by atoms with Crippen LogP contribution in [0.4, 0.5) is 5.69 Å². The number of carbonyl (C=O) groups is 1. The zero-order valence-corrected chi connectivity index (χ0v) is 17.2. The molecule has 0 fully saturated rings. The smallest absolute Gasteiger partial charge is 0.271 e. The molecule has 0 saturated carbocycles. The van der Waals surface area contributed by atoms with Crippen molar-refractivity contribution < 1.29 is 19.2 Å². The number of nitro groups is 1. The standard InChI is InChI=1S/C22H18ClN3O5/c1-30-21-10-5-15(13-24-25-22(27)16-3-2-4-18(23)12-16)11-17(21)14-31-20-8-6-19(7-9-20)26(28)29/h2-13H,14H2,1H3,(H,25,27)/b24-13-. The highest BCUT2D eigenvalue weighted by atomic mass is 35.5. The number of rotatable bonds is 8. The molecule has 3 aromatic carbocycles. The van der Waals surface area contributed by atoms with E-state index < -0.39 is 4.92 Å². The van der Waals surface area contributed by atoms with Crippen LogP contribution in [0.15, 0.2) is 71.8 Å². The summed E-state index contributed by atoms with van der Waals surface area (Å²) >= 11 is 5.89. The van der Waals surface area contributed by atoms with Crippen molar-refractivity contribution in [2.24, 2.45) is 5.10 Å². The van der Waals surface area contributed by atoms with Gasteiger partial charge in [0, 0.05) is 28.3 Å². The van der Waals surface area contributed by atoms with Gasteiger partial charge in [-0.1, -0.05) is 17.7 Å². The molecule has 3 aromatic rings. The van der Waals surface area contributed by atoms with Gasteiger partial charge in [-0.05, 0) is 54.1 Å². The molecule has 0 heterocycles. The van der Waals surface area contributed by atoms with Crippen molar-refractivity contribution in [3.63, 3.8) is 0 Å². The number of carbonyl (C=O) groups excluding carboxylic acids is 1. The molecule has 0 aliphatic carbocycles. The Morgan fingerprint density at radius 1 is 1.16 bits per heavy atom. The third kappa shape index (κ3) is 6.03. The number of ether oxygens (including phenoxy) is 2. The van der Waals surface area contributed by atoms with E-state index in [0.717, 1.165) is 11.1 Å². The van der Waals surface area contributed by atoms with E-state index in [1.54, 1.807) is 49.6 Å². The molecule has 9 heteroatoms. The predicted octanol–water partition coefficient (Wildman–Crippen LogP) is 4.60. The van der Waals surface area contributed by atoms with Gasteiger partial charge in [0.2, 0.25) is 0 Å². The highest BCUT2D eigenvalue weighted by Crippen LogP contribution is 2.23. The summed E-state index contributed by atoms with van der Waals surface area (Å²) in [6, 6.07) is 17.7. The van der Waals surface area contributed by atoms with E-state index in [1.807, 2.05) is 0 Å².